The Kier molecular flexibility index (Phi) is 9.77. The minimum Gasteiger partial charge on any atom is -0.484 e. The number of nitrogens with one attached hydrogen (secondary N) is 2. The number of carbonyl (C=O) groups is 2. The lowest BCUT2D eigenvalue weighted by atomic mass is 10.1. The molecule has 0 aliphatic carbocycles. The predicted molar refractivity (Wildman–Crippen MR) is 149 cm³/mol. The van der Waals surface area contributed by atoms with E-state index in [-0.39, 0.29) is 30.7 Å². The van der Waals surface area contributed by atoms with Crippen LogP contribution >= 0.6 is 23.0 Å². The van der Waals surface area contributed by atoms with Crippen molar-refractivity contribution in [2.45, 2.75) is 45.8 Å². The molecule has 0 bridgehead atoms. The van der Waals surface area contributed by atoms with Crippen LogP contribution in [0.2, 0.25) is 0 Å². The number of hydrogen-bond acceptors (Lipinski definition) is 6. The Hall–Kier alpha value is -2.86. The van der Waals surface area contributed by atoms with Crippen molar-refractivity contribution in [2.75, 3.05) is 31.1 Å². The highest BCUT2D eigenvalue weighted by Gasteiger charge is 2.34. The van der Waals surface area contributed by atoms with Gasteiger partial charge in [-0.15, -0.1) is 0 Å². The van der Waals surface area contributed by atoms with Crippen LogP contribution in [0.25, 0.3) is 0 Å². The van der Waals surface area contributed by atoms with E-state index in [1.54, 1.807) is 19.1 Å². The van der Waals surface area contributed by atoms with Crippen LogP contribution in [0.5, 0.6) is 11.5 Å². The monoisotopic (exact) mass is 625 g/mol. The fourth-order valence-corrected chi connectivity index (χ4v) is 3.91. The van der Waals surface area contributed by atoms with E-state index in [0.717, 1.165) is 11.3 Å². The van der Waals surface area contributed by atoms with Gasteiger partial charge in [0.15, 0.2) is 12.7 Å². The molecule has 200 valence electrons. The van der Waals surface area contributed by atoms with Crippen molar-refractivity contribution in [3.63, 3.8) is 0 Å². The van der Waals surface area contributed by atoms with Gasteiger partial charge in [-0.1, -0.05) is 18.7 Å². The van der Waals surface area contributed by atoms with Gasteiger partial charge in [-0.25, -0.2) is 4.39 Å². The molecule has 1 unspecified atom stereocenters. The first-order chi connectivity index (χ1) is 17.5. The molecule has 10 heteroatoms. The van der Waals surface area contributed by atoms with E-state index in [9.17, 15) is 14.0 Å². The summed E-state index contributed by atoms with van der Waals surface area (Å²) in [5.41, 5.74) is 2.53. The molecule has 3 rings (SSSR count). The molecule has 0 fully saturated rings. The highest BCUT2D eigenvalue weighted by Crippen LogP contribution is 2.35. The zero-order valence-electron chi connectivity index (χ0n) is 21.5. The molecule has 2 N–H and O–H groups in total. The maximum atomic E-state index is 13.6. The van der Waals surface area contributed by atoms with Crippen LogP contribution in [0.3, 0.4) is 0 Å². The van der Waals surface area contributed by atoms with Crippen LogP contribution in [-0.2, 0) is 12.7 Å². The largest absolute Gasteiger partial charge is 0.484 e. The zero-order chi connectivity index (χ0) is 27.2. The number of ether oxygens (including phenoxy) is 2. The number of carbonyl (C=O) groups excluding carboxylic acids is 2. The second-order valence-electron chi connectivity index (χ2n) is 9.69. The van der Waals surface area contributed by atoms with E-state index >= 15 is 0 Å². The molecule has 0 saturated carbocycles. The molecular weight excluding hydrogens is 592 g/mol. The summed E-state index contributed by atoms with van der Waals surface area (Å²) < 4.78 is 30.5. The fourth-order valence-electron chi connectivity index (χ4n) is 3.77. The van der Waals surface area contributed by atoms with Crippen molar-refractivity contribution in [1.82, 2.24) is 10.6 Å². The molecule has 1 atom stereocenters. The van der Waals surface area contributed by atoms with Crippen molar-refractivity contribution < 1.29 is 26.5 Å². The lowest BCUT2D eigenvalue weighted by Crippen LogP contribution is -2.52. The maximum Gasteiger partial charge on any atom is 0.267 e. The minimum absolute atomic E-state index is 0.247. The second-order valence-corrected chi connectivity index (χ2v) is 10.1. The number of rotatable bonds is 11. The lowest BCUT2D eigenvalue weighted by Gasteiger charge is -2.39. The molecule has 1 aliphatic heterocycles. The molecule has 1 aliphatic rings. The summed E-state index contributed by atoms with van der Waals surface area (Å²) in [6.07, 6.45) is -0.409. The Morgan fingerprint density at radius 1 is 1.24 bits per heavy atom. The standard InChI is InChI=1S/C27H33FIN3O5/c1-17-6-9-23-22(12-17)32(16-27(4,5)37-29)14-24(36-23)26(34)31-19(3)10-11-30-25(33)15-35-20-8-7-18(2)21(28)13-20/h6-9,12-13,24H,3,10-11,14-16H2,1-2,4-5H3,(H,30,33)(H,31,34). The van der Waals surface area contributed by atoms with Gasteiger partial charge in [-0.3, -0.25) is 9.59 Å². The number of amides is 2. The van der Waals surface area contributed by atoms with Gasteiger partial charge in [-0.2, -0.15) is 0 Å². The molecule has 37 heavy (non-hydrogen) atoms. The van der Waals surface area contributed by atoms with E-state index < -0.39 is 17.5 Å². The maximum absolute atomic E-state index is 13.6. The topological polar surface area (TPSA) is 89.1 Å². The van der Waals surface area contributed by atoms with Crippen molar-refractivity contribution in [2.24, 2.45) is 0 Å². The van der Waals surface area contributed by atoms with Gasteiger partial charge in [0.05, 0.1) is 17.8 Å². The number of nitrogens with zero attached hydrogens (tertiary/aromatic N) is 1. The Bertz CT molecular complexity index is 1160. The smallest absolute Gasteiger partial charge is 0.267 e. The molecule has 0 saturated heterocycles. The number of benzene rings is 2. The van der Waals surface area contributed by atoms with E-state index in [1.807, 2.05) is 62.0 Å². The van der Waals surface area contributed by atoms with Gasteiger partial charge in [-0.05, 0) is 57.0 Å². The molecule has 0 spiro atoms. The fraction of sp³-hybridized carbons (Fsp3) is 0.407. The van der Waals surface area contributed by atoms with Crippen molar-refractivity contribution in [3.8, 4) is 11.5 Å². The summed E-state index contributed by atoms with van der Waals surface area (Å²) in [5, 5.41) is 5.49. The Morgan fingerprint density at radius 3 is 2.70 bits per heavy atom. The summed E-state index contributed by atoms with van der Waals surface area (Å²) in [6, 6.07) is 10.3. The van der Waals surface area contributed by atoms with Gasteiger partial charge in [0, 0.05) is 31.3 Å². The third-order valence-corrected chi connectivity index (χ3v) is 6.94. The first-order valence-corrected chi connectivity index (χ1v) is 12.8. The average Bonchev–Trinajstić information content (AvgIpc) is 2.84. The van der Waals surface area contributed by atoms with E-state index in [4.69, 9.17) is 12.5 Å². The molecule has 0 aromatic heterocycles. The normalized spacial score (nSPS) is 14.9. The number of halogens is 2. The molecule has 2 aromatic rings. The second kappa shape index (κ2) is 12.6. The summed E-state index contributed by atoms with van der Waals surface area (Å²) in [6.45, 7) is 12.5. The first kappa shape index (κ1) is 28.7. The molecule has 8 nitrogen and oxygen atoms in total. The van der Waals surface area contributed by atoms with Crippen LogP contribution < -0.4 is 25.0 Å². The molecule has 1 heterocycles. The third kappa shape index (κ3) is 8.32. The summed E-state index contributed by atoms with van der Waals surface area (Å²) in [4.78, 5) is 27.1. The van der Waals surface area contributed by atoms with E-state index in [0.29, 0.717) is 36.5 Å². The van der Waals surface area contributed by atoms with E-state index in [2.05, 4.69) is 22.1 Å². The van der Waals surface area contributed by atoms with Gasteiger partial charge in [0.1, 0.15) is 40.3 Å². The summed E-state index contributed by atoms with van der Waals surface area (Å²) >= 11 is 1.89. The van der Waals surface area contributed by atoms with Crippen LogP contribution in [0.1, 0.15) is 31.4 Å². The van der Waals surface area contributed by atoms with Crippen LogP contribution in [0, 0.1) is 19.7 Å². The SMILES string of the molecule is C=C(CCNC(=O)COc1ccc(C)c(F)c1)NC(=O)C1CN(CC(C)(C)OI)c2cc(C)ccc2O1. The van der Waals surface area contributed by atoms with Crippen LogP contribution in [-0.4, -0.2) is 49.8 Å². The highest BCUT2D eigenvalue weighted by molar-refractivity contribution is 14.1. The number of fused-ring (bicyclic) bond motifs is 1. The van der Waals surface area contributed by atoms with Crippen molar-refractivity contribution in [3.05, 3.63) is 65.6 Å². The summed E-state index contributed by atoms with van der Waals surface area (Å²) in [5.74, 6) is -0.159. The Balaban J connectivity index is 1.48. The summed E-state index contributed by atoms with van der Waals surface area (Å²) in [7, 11) is 0. The van der Waals surface area contributed by atoms with E-state index in [1.165, 1.54) is 6.07 Å². The average molecular weight is 625 g/mol. The zero-order valence-corrected chi connectivity index (χ0v) is 23.7. The van der Waals surface area contributed by atoms with Gasteiger partial charge < -0.3 is 28.1 Å². The molecule has 0 radical (unpaired) electrons. The van der Waals surface area contributed by atoms with Gasteiger partial charge in [0.2, 0.25) is 0 Å². The van der Waals surface area contributed by atoms with Crippen molar-refractivity contribution in [1.29, 1.82) is 0 Å². The number of aryl methyl sites for hydroxylation is 2. The van der Waals surface area contributed by atoms with Crippen LogP contribution in [0.4, 0.5) is 10.1 Å². The van der Waals surface area contributed by atoms with Crippen molar-refractivity contribution >= 4 is 40.5 Å². The quantitative estimate of drug-likeness (QED) is 0.361. The predicted octanol–water partition coefficient (Wildman–Crippen LogP) is 4.37. The molecule has 2 aromatic carbocycles. The van der Waals surface area contributed by atoms with Gasteiger partial charge >= 0.3 is 0 Å². The minimum atomic E-state index is -0.741. The molecular formula is C27H33FIN3O5. The first-order valence-electron chi connectivity index (χ1n) is 11.9. The Morgan fingerprint density at radius 2 is 2.00 bits per heavy atom. The highest BCUT2D eigenvalue weighted by atomic mass is 127. The lowest BCUT2D eigenvalue weighted by molar-refractivity contribution is -0.127. The van der Waals surface area contributed by atoms with Crippen LogP contribution in [0.15, 0.2) is 48.7 Å². The molecule has 2 amide bonds. The third-order valence-electron chi connectivity index (χ3n) is 5.75. The number of anilines is 1. The Labute approximate surface area is 231 Å². The van der Waals surface area contributed by atoms with Gasteiger partial charge in [0.25, 0.3) is 11.8 Å². The number of hydrogen-bond donors (Lipinski definition) is 2.